The van der Waals surface area contributed by atoms with Crippen LogP contribution in [0.15, 0.2) is 30.9 Å². The first-order valence-corrected chi connectivity index (χ1v) is 8.78. The number of imidazole rings is 1. The van der Waals surface area contributed by atoms with Gasteiger partial charge < -0.3 is 25.4 Å². The summed E-state index contributed by atoms with van der Waals surface area (Å²) in [5.41, 5.74) is 5.21. The molecule has 3 heterocycles. The van der Waals surface area contributed by atoms with Crippen LogP contribution >= 0.6 is 0 Å². The Morgan fingerprint density at radius 3 is 2.65 bits per heavy atom. The number of hydrogen-bond acceptors (Lipinski definition) is 12. The summed E-state index contributed by atoms with van der Waals surface area (Å²) >= 11 is 0. The molecular formula is C16H15N7O8. The van der Waals surface area contributed by atoms with Crippen LogP contribution in [0.25, 0.3) is 11.2 Å². The lowest BCUT2D eigenvalue weighted by atomic mass is 10.1. The zero-order valence-electron chi connectivity index (χ0n) is 15.5. The molecule has 0 unspecified atom stereocenters. The van der Waals surface area contributed by atoms with Gasteiger partial charge in [0.05, 0.1) is 22.2 Å². The largest absolute Gasteiger partial charge is 0.484 e. The summed E-state index contributed by atoms with van der Waals surface area (Å²) < 4.78 is 12.4. The minimum Gasteiger partial charge on any atom is -0.484 e. The van der Waals surface area contributed by atoms with Gasteiger partial charge in [-0.25, -0.2) is 15.0 Å². The van der Waals surface area contributed by atoms with Gasteiger partial charge in [-0.15, -0.1) is 0 Å². The molecule has 0 aliphatic carbocycles. The second kappa shape index (κ2) is 7.71. The molecule has 1 fully saturated rings. The van der Waals surface area contributed by atoms with Crippen molar-refractivity contribution in [1.82, 2.24) is 19.5 Å². The number of aromatic nitrogens is 4. The van der Waals surface area contributed by atoms with Crippen molar-refractivity contribution in [3.63, 3.8) is 0 Å². The van der Waals surface area contributed by atoms with Crippen LogP contribution < -0.4 is 10.5 Å². The standard InChI is InChI=1S/C16H15N7O8/c17-14-11-15(19-5-18-14)21(6-20-11)16-13(25)12(24)10(31-16)4-30-9-2-1-7(22(26)27)3-8(9)23(28)29/h1-3,5-6,10,12-13,16,24-25H,4H2,(H2,17,18,19)/t10-,12-,13-,16-/m1/s1. The molecule has 0 bridgehead atoms. The van der Waals surface area contributed by atoms with Gasteiger partial charge in [0, 0.05) is 6.07 Å². The number of ether oxygens (including phenoxy) is 2. The molecule has 0 amide bonds. The topological polar surface area (TPSA) is 215 Å². The maximum Gasteiger partial charge on any atom is 0.317 e. The number of rotatable bonds is 6. The number of benzene rings is 1. The fourth-order valence-electron chi connectivity index (χ4n) is 3.21. The van der Waals surface area contributed by atoms with Crippen molar-refractivity contribution in [2.24, 2.45) is 0 Å². The van der Waals surface area contributed by atoms with Crippen LogP contribution in [0.3, 0.4) is 0 Å². The SMILES string of the molecule is Nc1ncnc2c1ncn2[C@@H]1O[C@H](COc2ccc([N+](=O)[O-])cc2[N+](=O)[O-])[C@@H](O)[C@H]1O. The summed E-state index contributed by atoms with van der Waals surface area (Å²) in [4.78, 5) is 32.4. The Morgan fingerprint density at radius 2 is 1.94 bits per heavy atom. The van der Waals surface area contributed by atoms with Gasteiger partial charge in [0.2, 0.25) is 0 Å². The van der Waals surface area contributed by atoms with Crippen LogP contribution in [0, 0.1) is 20.2 Å². The average Bonchev–Trinajstić information content (AvgIpc) is 3.29. The van der Waals surface area contributed by atoms with Crippen molar-refractivity contribution in [3.05, 3.63) is 51.1 Å². The highest BCUT2D eigenvalue weighted by atomic mass is 16.6. The lowest BCUT2D eigenvalue weighted by molar-refractivity contribution is -0.394. The van der Waals surface area contributed by atoms with E-state index < -0.39 is 45.8 Å². The first kappa shape index (κ1) is 20.3. The van der Waals surface area contributed by atoms with Crippen LogP contribution in [-0.4, -0.2) is 64.5 Å². The van der Waals surface area contributed by atoms with Crippen molar-refractivity contribution >= 4 is 28.4 Å². The highest BCUT2D eigenvalue weighted by molar-refractivity contribution is 5.81. The molecule has 4 rings (SSSR count). The number of nitrogens with zero attached hydrogens (tertiary/aromatic N) is 6. The molecule has 0 spiro atoms. The zero-order valence-corrected chi connectivity index (χ0v) is 15.5. The van der Waals surface area contributed by atoms with Gasteiger partial charge in [-0.3, -0.25) is 24.8 Å². The molecule has 1 saturated heterocycles. The number of hydrogen-bond donors (Lipinski definition) is 3. The molecule has 4 N–H and O–H groups in total. The summed E-state index contributed by atoms with van der Waals surface area (Å²) in [7, 11) is 0. The maximum absolute atomic E-state index is 11.2. The van der Waals surface area contributed by atoms with Crippen LogP contribution in [0.5, 0.6) is 5.75 Å². The van der Waals surface area contributed by atoms with Crippen LogP contribution in [0.1, 0.15) is 6.23 Å². The van der Waals surface area contributed by atoms with E-state index in [1.807, 2.05) is 0 Å². The quantitative estimate of drug-likeness (QED) is 0.344. The summed E-state index contributed by atoms with van der Waals surface area (Å²) in [5, 5.41) is 42.8. The number of nitrogens with two attached hydrogens (primary N) is 1. The molecule has 0 radical (unpaired) electrons. The number of aliphatic hydroxyl groups excluding tert-OH is 2. The van der Waals surface area contributed by atoms with Crippen LogP contribution in [0.2, 0.25) is 0 Å². The van der Waals surface area contributed by atoms with Gasteiger partial charge in [0.1, 0.15) is 36.8 Å². The van der Waals surface area contributed by atoms with Crippen molar-refractivity contribution in [2.75, 3.05) is 12.3 Å². The Morgan fingerprint density at radius 1 is 1.16 bits per heavy atom. The lowest BCUT2D eigenvalue weighted by Crippen LogP contribution is -2.34. The van der Waals surface area contributed by atoms with Gasteiger partial charge in [0.15, 0.2) is 23.4 Å². The average molecular weight is 433 g/mol. The van der Waals surface area contributed by atoms with Gasteiger partial charge >= 0.3 is 5.69 Å². The minimum atomic E-state index is -1.40. The van der Waals surface area contributed by atoms with E-state index in [0.717, 1.165) is 18.2 Å². The number of nitro benzene ring substituents is 2. The second-order valence-corrected chi connectivity index (χ2v) is 6.61. The fourth-order valence-corrected chi connectivity index (χ4v) is 3.21. The molecule has 4 atom stereocenters. The Hall–Kier alpha value is -3.95. The monoisotopic (exact) mass is 433 g/mol. The van der Waals surface area contributed by atoms with E-state index in [4.69, 9.17) is 15.2 Å². The van der Waals surface area contributed by atoms with E-state index in [1.165, 1.54) is 17.2 Å². The van der Waals surface area contributed by atoms with Crippen molar-refractivity contribution in [3.8, 4) is 5.75 Å². The first-order chi connectivity index (χ1) is 14.8. The maximum atomic E-state index is 11.2. The molecule has 1 aromatic carbocycles. The van der Waals surface area contributed by atoms with Crippen LogP contribution in [0.4, 0.5) is 17.2 Å². The summed E-state index contributed by atoms with van der Waals surface area (Å²) in [6.45, 7) is -0.378. The Labute approximate surface area is 172 Å². The predicted octanol–water partition coefficient (Wildman–Crippen LogP) is -0.0769. The first-order valence-electron chi connectivity index (χ1n) is 8.78. The minimum absolute atomic E-state index is 0.127. The molecule has 0 saturated carbocycles. The van der Waals surface area contributed by atoms with Crippen molar-refractivity contribution in [2.45, 2.75) is 24.5 Å². The summed E-state index contributed by atoms with van der Waals surface area (Å²) in [6.07, 6.45) is -2.43. The van der Waals surface area contributed by atoms with E-state index in [9.17, 15) is 30.4 Å². The van der Waals surface area contributed by atoms with E-state index >= 15 is 0 Å². The fraction of sp³-hybridized carbons (Fsp3) is 0.312. The van der Waals surface area contributed by atoms with E-state index in [0.29, 0.717) is 0 Å². The number of aliphatic hydroxyl groups is 2. The van der Waals surface area contributed by atoms with Gasteiger partial charge in [-0.2, -0.15) is 0 Å². The Kier molecular flexibility index (Phi) is 5.05. The lowest BCUT2D eigenvalue weighted by Gasteiger charge is -2.16. The van der Waals surface area contributed by atoms with Gasteiger partial charge in [-0.05, 0) is 6.07 Å². The third kappa shape index (κ3) is 3.56. The van der Waals surface area contributed by atoms with E-state index in [2.05, 4.69) is 15.0 Å². The van der Waals surface area contributed by atoms with Gasteiger partial charge in [0.25, 0.3) is 5.69 Å². The highest BCUT2D eigenvalue weighted by Crippen LogP contribution is 2.34. The number of anilines is 1. The highest BCUT2D eigenvalue weighted by Gasteiger charge is 2.45. The predicted molar refractivity (Wildman–Crippen MR) is 101 cm³/mol. The zero-order chi connectivity index (χ0) is 22.3. The normalized spacial score (nSPS) is 23.2. The van der Waals surface area contributed by atoms with Crippen molar-refractivity contribution < 1.29 is 29.5 Å². The molecule has 1 aliphatic heterocycles. The Bertz CT molecular complexity index is 1170. The third-order valence-electron chi connectivity index (χ3n) is 4.75. The summed E-state index contributed by atoms with van der Waals surface area (Å²) in [6, 6.07) is 2.89. The second-order valence-electron chi connectivity index (χ2n) is 6.61. The Balaban J connectivity index is 1.54. The smallest absolute Gasteiger partial charge is 0.317 e. The van der Waals surface area contributed by atoms with E-state index in [1.54, 1.807) is 0 Å². The number of nitro groups is 2. The molecular weight excluding hydrogens is 418 g/mol. The molecule has 1 aliphatic rings. The summed E-state index contributed by atoms with van der Waals surface area (Å²) in [5.74, 6) is -0.125. The molecule has 162 valence electrons. The molecule has 2 aromatic heterocycles. The number of non-ortho nitro benzene ring substituents is 1. The number of fused-ring (bicyclic) bond motifs is 1. The number of nitrogen functional groups attached to an aromatic ring is 1. The van der Waals surface area contributed by atoms with Crippen LogP contribution in [-0.2, 0) is 4.74 Å². The van der Waals surface area contributed by atoms with Gasteiger partial charge in [-0.1, -0.05) is 0 Å². The molecule has 3 aromatic rings. The molecule has 15 nitrogen and oxygen atoms in total. The molecule has 31 heavy (non-hydrogen) atoms. The van der Waals surface area contributed by atoms with Crippen molar-refractivity contribution in [1.29, 1.82) is 0 Å². The molecule has 15 heteroatoms. The third-order valence-corrected chi connectivity index (χ3v) is 4.75. The van der Waals surface area contributed by atoms with E-state index in [-0.39, 0.29) is 29.3 Å².